The number of nitrogens with one attached hydrogen (secondary N) is 1. The molecule has 2 heterocycles. The minimum Gasteiger partial charge on any atom is -0.488 e. The van der Waals surface area contributed by atoms with Gasteiger partial charge in [-0.3, -0.25) is 9.59 Å². The minimum atomic E-state index is -0.378. The van der Waals surface area contributed by atoms with E-state index in [1.807, 2.05) is 19.1 Å². The van der Waals surface area contributed by atoms with Crippen LogP contribution in [0.4, 0.5) is 0 Å². The van der Waals surface area contributed by atoms with Crippen molar-refractivity contribution in [2.45, 2.75) is 64.1 Å². The molecular formula is C21H28N2O3. The Hall–Kier alpha value is -2.30. The van der Waals surface area contributed by atoms with Gasteiger partial charge in [-0.1, -0.05) is 18.7 Å². The molecule has 0 saturated carbocycles. The van der Waals surface area contributed by atoms with E-state index >= 15 is 0 Å². The number of hydrogen-bond acceptors (Lipinski definition) is 3. The number of aryl methyl sites for hydroxylation is 1. The van der Waals surface area contributed by atoms with Crippen LogP contribution in [0.1, 0.15) is 51.2 Å². The zero-order valence-corrected chi connectivity index (χ0v) is 15.9. The van der Waals surface area contributed by atoms with Gasteiger partial charge in [0.2, 0.25) is 11.8 Å². The first-order chi connectivity index (χ1) is 12.2. The maximum atomic E-state index is 12.4. The third kappa shape index (κ3) is 4.09. The fourth-order valence-electron chi connectivity index (χ4n) is 3.76. The summed E-state index contributed by atoms with van der Waals surface area (Å²) in [5, 5.41) is 3.00. The number of carbonyl (C=O) groups excluding carboxylic acids is 2. The highest BCUT2D eigenvalue weighted by Crippen LogP contribution is 2.33. The molecule has 0 radical (unpaired) electrons. The number of fused-ring (bicyclic) bond motifs is 1. The zero-order valence-electron chi connectivity index (χ0n) is 15.9. The van der Waals surface area contributed by atoms with Crippen LogP contribution in [0.15, 0.2) is 30.9 Å². The van der Waals surface area contributed by atoms with E-state index in [9.17, 15) is 9.59 Å². The van der Waals surface area contributed by atoms with Gasteiger partial charge in [-0.05, 0) is 63.3 Å². The van der Waals surface area contributed by atoms with Gasteiger partial charge in [-0.25, -0.2) is 0 Å². The zero-order chi connectivity index (χ0) is 18.9. The number of hydrogen-bond donors (Lipinski definition) is 1. The molecular weight excluding hydrogens is 328 g/mol. The largest absolute Gasteiger partial charge is 0.488 e. The maximum absolute atomic E-state index is 12.4. The van der Waals surface area contributed by atoms with Gasteiger partial charge in [0, 0.05) is 19.5 Å². The first-order valence-electron chi connectivity index (χ1n) is 9.23. The summed E-state index contributed by atoms with van der Waals surface area (Å²) in [5.74, 6) is 0.858. The SMILES string of the molecule is C=CC(=O)N(Cc1ccc2c(c1)CCC(C)(C)O2)CC1(C)CCC(=O)N1. The van der Waals surface area contributed by atoms with Crippen molar-refractivity contribution in [1.29, 1.82) is 0 Å². The van der Waals surface area contributed by atoms with E-state index in [1.165, 1.54) is 11.6 Å². The van der Waals surface area contributed by atoms with Gasteiger partial charge in [-0.15, -0.1) is 0 Å². The van der Waals surface area contributed by atoms with Gasteiger partial charge in [0.15, 0.2) is 0 Å². The number of amides is 2. The highest BCUT2D eigenvalue weighted by Gasteiger charge is 2.35. The lowest BCUT2D eigenvalue weighted by Gasteiger charge is -2.34. The molecule has 3 rings (SSSR count). The molecule has 0 aliphatic carbocycles. The molecule has 2 amide bonds. The number of nitrogens with zero attached hydrogens (tertiary/aromatic N) is 1. The summed E-state index contributed by atoms with van der Waals surface area (Å²) in [6.07, 6.45) is 4.53. The lowest BCUT2D eigenvalue weighted by Crippen LogP contribution is -2.49. The summed E-state index contributed by atoms with van der Waals surface area (Å²) in [5.41, 5.74) is 1.74. The predicted octanol–water partition coefficient (Wildman–Crippen LogP) is 2.97. The van der Waals surface area contributed by atoms with Crippen LogP contribution in [0, 0.1) is 0 Å². The third-order valence-corrected chi connectivity index (χ3v) is 5.25. The molecule has 1 aromatic carbocycles. The molecule has 1 unspecified atom stereocenters. The van der Waals surface area contributed by atoms with Gasteiger partial charge in [-0.2, -0.15) is 0 Å². The molecule has 0 spiro atoms. The topological polar surface area (TPSA) is 58.6 Å². The van der Waals surface area contributed by atoms with E-state index in [1.54, 1.807) is 4.90 Å². The average Bonchev–Trinajstić information content (AvgIpc) is 2.92. The standard InChI is InChI=1S/C21H28N2O3/c1-5-19(25)23(14-21(4)11-9-18(24)22-21)13-15-6-7-17-16(12-15)8-10-20(2,3)26-17/h5-7,12H,1,8-11,13-14H2,2-4H3,(H,22,24). The van der Waals surface area contributed by atoms with Crippen molar-refractivity contribution in [3.8, 4) is 5.75 Å². The fraction of sp³-hybridized carbons (Fsp3) is 0.524. The Balaban J connectivity index is 1.76. The highest BCUT2D eigenvalue weighted by atomic mass is 16.5. The first kappa shape index (κ1) is 18.5. The molecule has 1 atom stereocenters. The monoisotopic (exact) mass is 356 g/mol. The molecule has 0 bridgehead atoms. The summed E-state index contributed by atoms with van der Waals surface area (Å²) in [7, 11) is 0. The maximum Gasteiger partial charge on any atom is 0.246 e. The van der Waals surface area contributed by atoms with E-state index in [4.69, 9.17) is 4.74 Å². The second-order valence-corrected chi connectivity index (χ2v) is 8.31. The van der Waals surface area contributed by atoms with Crippen molar-refractivity contribution in [1.82, 2.24) is 10.2 Å². The van der Waals surface area contributed by atoms with Gasteiger partial charge < -0.3 is 15.0 Å². The van der Waals surface area contributed by atoms with Gasteiger partial charge in [0.05, 0.1) is 5.54 Å². The van der Waals surface area contributed by atoms with Crippen LogP contribution < -0.4 is 10.1 Å². The fourth-order valence-corrected chi connectivity index (χ4v) is 3.76. The lowest BCUT2D eigenvalue weighted by molar-refractivity contribution is -0.128. The van der Waals surface area contributed by atoms with Crippen molar-refractivity contribution in [3.05, 3.63) is 42.0 Å². The summed E-state index contributed by atoms with van der Waals surface area (Å²) in [6, 6.07) is 6.14. The van der Waals surface area contributed by atoms with Crippen molar-refractivity contribution in [2.24, 2.45) is 0 Å². The molecule has 1 saturated heterocycles. The second-order valence-electron chi connectivity index (χ2n) is 8.31. The first-order valence-corrected chi connectivity index (χ1v) is 9.23. The highest BCUT2D eigenvalue weighted by molar-refractivity contribution is 5.87. The summed E-state index contributed by atoms with van der Waals surface area (Å²) < 4.78 is 6.04. The van der Waals surface area contributed by atoms with Crippen molar-refractivity contribution in [2.75, 3.05) is 6.54 Å². The van der Waals surface area contributed by atoms with Crippen molar-refractivity contribution >= 4 is 11.8 Å². The van der Waals surface area contributed by atoms with Crippen LogP contribution in [0.25, 0.3) is 0 Å². The predicted molar refractivity (Wildman–Crippen MR) is 101 cm³/mol. The number of carbonyl (C=O) groups is 2. The summed E-state index contributed by atoms with van der Waals surface area (Å²) in [4.78, 5) is 25.7. The molecule has 0 aromatic heterocycles. The van der Waals surface area contributed by atoms with Gasteiger partial charge >= 0.3 is 0 Å². The molecule has 26 heavy (non-hydrogen) atoms. The molecule has 1 N–H and O–H groups in total. The lowest BCUT2D eigenvalue weighted by atomic mass is 9.93. The Labute approximate surface area is 155 Å². The van der Waals surface area contributed by atoms with Crippen LogP contribution in [-0.2, 0) is 22.6 Å². The quantitative estimate of drug-likeness (QED) is 0.825. The summed E-state index contributed by atoms with van der Waals surface area (Å²) in [6.45, 7) is 10.8. The molecule has 2 aliphatic rings. The van der Waals surface area contributed by atoms with Crippen molar-refractivity contribution < 1.29 is 14.3 Å². The molecule has 1 fully saturated rings. The normalized spacial score (nSPS) is 23.6. The minimum absolute atomic E-state index is 0.0482. The molecule has 140 valence electrons. The van der Waals surface area contributed by atoms with Crippen molar-refractivity contribution in [3.63, 3.8) is 0 Å². The molecule has 1 aromatic rings. The Bertz CT molecular complexity index is 741. The molecule has 2 aliphatic heterocycles. The van der Waals surface area contributed by atoms with Gasteiger partial charge in [0.25, 0.3) is 0 Å². The van der Waals surface area contributed by atoms with E-state index in [0.717, 1.165) is 30.6 Å². The Morgan fingerprint density at radius 1 is 1.31 bits per heavy atom. The Morgan fingerprint density at radius 2 is 2.08 bits per heavy atom. The van der Waals surface area contributed by atoms with Crippen LogP contribution >= 0.6 is 0 Å². The Kier molecular flexibility index (Phi) is 4.82. The van der Waals surface area contributed by atoms with Crippen LogP contribution in [-0.4, -0.2) is 34.4 Å². The van der Waals surface area contributed by atoms with E-state index in [2.05, 4.69) is 31.8 Å². The molecule has 5 heteroatoms. The van der Waals surface area contributed by atoms with Gasteiger partial charge in [0.1, 0.15) is 11.4 Å². The molecule has 5 nitrogen and oxygen atoms in total. The van der Waals surface area contributed by atoms with E-state index in [0.29, 0.717) is 19.5 Å². The van der Waals surface area contributed by atoms with Crippen LogP contribution in [0.5, 0.6) is 5.75 Å². The smallest absolute Gasteiger partial charge is 0.246 e. The number of ether oxygens (including phenoxy) is 1. The average molecular weight is 356 g/mol. The van der Waals surface area contributed by atoms with Crippen LogP contribution in [0.2, 0.25) is 0 Å². The third-order valence-electron chi connectivity index (χ3n) is 5.25. The number of benzene rings is 1. The number of rotatable bonds is 5. The summed E-state index contributed by atoms with van der Waals surface area (Å²) >= 11 is 0. The van der Waals surface area contributed by atoms with E-state index < -0.39 is 0 Å². The Morgan fingerprint density at radius 3 is 2.73 bits per heavy atom. The van der Waals surface area contributed by atoms with Crippen LogP contribution in [0.3, 0.4) is 0 Å². The van der Waals surface area contributed by atoms with E-state index in [-0.39, 0.29) is 23.0 Å². The second kappa shape index (κ2) is 6.78.